The van der Waals surface area contributed by atoms with Crippen molar-refractivity contribution in [3.8, 4) is 5.75 Å². The highest BCUT2D eigenvalue weighted by molar-refractivity contribution is 9.10. The maximum absolute atomic E-state index is 14.5. The molecule has 24 heavy (non-hydrogen) atoms. The Morgan fingerprint density at radius 3 is 2.33 bits per heavy atom. The average Bonchev–Trinajstić information content (AvgIpc) is 3.04. The van der Waals surface area contributed by atoms with Gasteiger partial charge in [0.25, 0.3) is 0 Å². The first kappa shape index (κ1) is 21.9. The van der Waals surface area contributed by atoms with Gasteiger partial charge in [-0.1, -0.05) is 12.8 Å². The van der Waals surface area contributed by atoms with E-state index in [2.05, 4.69) is 26.1 Å². The summed E-state index contributed by atoms with van der Waals surface area (Å²) in [6.07, 6.45) is 4.24. The van der Waals surface area contributed by atoms with Crippen LogP contribution in [-0.2, 0) is 0 Å². The lowest BCUT2D eigenvalue weighted by molar-refractivity contribution is 0.119. The molecule has 1 aromatic rings. The molecule has 2 aliphatic rings. The Morgan fingerprint density at radius 1 is 1.17 bits per heavy atom. The predicted octanol–water partition coefficient (Wildman–Crippen LogP) is 4.41. The van der Waals surface area contributed by atoms with Gasteiger partial charge in [0.1, 0.15) is 5.75 Å². The molecule has 2 N–H and O–H groups in total. The topological polar surface area (TPSA) is 35.5 Å². The first-order chi connectivity index (χ1) is 10.6. The van der Waals surface area contributed by atoms with E-state index < -0.39 is 11.6 Å². The Morgan fingerprint density at radius 2 is 1.75 bits per heavy atom. The van der Waals surface area contributed by atoms with E-state index in [9.17, 15) is 13.9 Å². The van der Waals surface area contributed by atoms with Crippen LogP contribution in [0.4, 0.5) is 8.78 Å². The van der Waals surface area contributed by atoms with Gasteiger partial charge in [-0.3, -0.25) is 4.90 Å². The van der Waals surface area contributed by atoms with Crippen molar-refractivity contribution < 1.29 is 13.9 Å². The zero-order chi connectivity index (χ0) is 15.7. The molecular formula is C16H23BrCl2F2N2O. The fraction of sp³-hybridized carbons (Fsp3) is 0.625. The lowest BCUT2D eigenvalue weighted by atomic mass is 9.88. The van der Waals surface area contributed by atoms with Crippen LogP contribution in [0.25, 0.3) is 0 Å². The summed E-state index contributed by atoms with van der Waals surface area (Å²) in [7, 11) is 0. The van der Waals surface area contributed by atoms with Crippen molar-refractivity contribution in [1.82, 2.24) is 10.2 Å². The molecule has 0 spiro atoms. The number of rotatable bonds is 3. The molecule has 1 aliphatic heterocycles. The molecule has 1 atom stereocenters. The monoisotopic (exact) mass is 446 g/mol. The highest BCUT2D eigenvalue weighted by Gasteiger charge is 2.36. The summed E-state index contributed by atoms with van der Waals surface area (Å²) < 4.78 is 28.6. The molecular weight excluding hydrogens is 425 g/mol. The zero-order valence-electron chi connectivity index (χ0n) is 13.2. The lowest BCUT2D eigenvalue weighted by Crippen LogP contribution is -2.47. The molecule has 3 nitrogen and oxygen atoms in total. The minimum atomic E-state index is -0.906. The summed E-state index contributed by atoms with van der Waals surface area (Å²) in [6.45, 7) is 3.24. The zero-order valence-corrected chi connectivity index (χ0v) is 16.5. The molecule has 138 valence electrons. The number of phenolic OH excluding ortho intramolecular Hbond substituents is 1. The second-order valence-electron chi connectivity index (χ2n) is 6.19. The van der Waals surface area contributed by atoms with Crippen LogP contribution in [0, 0.1) is 17.6 Å². The van der Waals surface area contributed by atoms with Gasteiger partial charge in [-0.25, -0.2) is 8.78 Å². The molecule has 2 fully saturated rings. The van der Waals surface area contributed by atoms with Crippen LogP contribution in [0.15, 0.2) is 10.5 Å². The van der Waals surface area contributed by atoms with Gasteiger partial charge >= 0.3 is 0 Å². The largest absolute Gasteiger partial charge is 0.506 e. The van der Waals surface area contributed by atoms with Crippen molar-refractivity contribution in [1.29, 1.82) is 0 Å². The fourth-order valence-corrected chi connectivity index (χ4v) is 4.24. The van der Waals surface area contributed by atoms with Crippen LogP contribution in [0.5, 0.6) is 5.75 Å². The molecule has 0 bridgehead atoms. The molecule has 1 saturated heterocycles. The number of nitrogens with one attached hydrogen (secondary N) is 1. The molecule has 1 saturated carbocycles. The molecule has 1 aliphatic carbocycles. The van der Waals surface area contributed by atoms with Crippen LogP contribution in [-0.4, -0.2) is 36.2 Å². The molecule has 0 aromatic heterocycles. The Kier molecular flexibility index (Phi) is 8.70. The van der Waals surface area contributed by atoms with E-state index in [4.69, 9.17) is 0 Å². The van der Waals surface area contributed by atoms with E-state index in [1.807, 2.05) is 0 Å². The van der Waals surface area contributed by atoms with E-state index in [-0.39, 0.29) is 52.6 Å². The molecule has 1 aromatic carbocycles. The van der Waals surface area contributed by atoms with Crippen LogP contribution < -0.4 is 5.32 Å². The van der Waals surface area contributed by atoms with Crippen molar-refractivity contribution in [2.75, 3.05) is 26.2 Å². The Bertz CT molecular complexity index is 527. The minimum absolute atomic E-state index is 0. The summed E-state index contributed by atoms with van der Waals surface area (Å²) in [6, 6.07) is 0.745. The van der Waals surface area contributed by atoms with Gasteiger partial charge in [0.05, 0.1) is 10.0 Å². The van der Waals surface area contributed by atoms with Crippen molar-refractivity contribution >= 4 is 40.7 Å². The number of phenols is 1. The fourth-order valence-electron chi connectivity index (χ4n) is 3.82. The summed E-state index contributed by atoms with van der Waals surface area (Å²) >= 11 is 3.14. The number of hydrogen-bond acceptors (Lipinski definition) is 3. The molecule has 8 heteroatoms. The number of nitrogens with zero attached hydrogens (tertiary/aromatic N) is 1. The number of aromatic hydroxyl groups is 1. The van der Waals surface area contributed by atoms with Crippen molar-refractivity contribution in [3.05, 3.63) is 27.7 Å². The first-order valence-corrected chi connectivity index (χ1v) is 8.70. The Labute approximate surface area is 162 Å². The van der Waals surface area contributed by atoms with Gasteiger partial charge in [0.2, 0.25) is 0 Å². The third-order valence-corrected chi connectivity index (χ3v) is 5.47. The smallest absolute Gasteiger partial charge is 0.167 e. The van der Waals surface area contributed by atoms with Gasteiger partial charge in [-0.15, -0.1) is 24.8 Å². The Balaban J connectivity index is 0.00000144. The van der Waals surface area contributed by atoms with Gasteiger partial charge in [0, 0.05) is 32.2 Å². The van der Waals surface area contributed by atoms with Gasteiger partial charge in [-0.2, -0.15) is 0 Å². The molecule has 0 unspecified atom stereocenters. The highest BCUT2D eigenvalue weighted by Crippen LogP contribution is 2.45. The molecule has 3 rings (SSSR count). The number of halogens is 5. The van der Waals surface area contributed by atoms with E-state index in [0.29, 0.717) is 0 Å². The van der Waals surface area contributed by atoms with Crippen LogP contribution in [0.3, 0.4) is 0 Å². The summed E-state index contributed by atoms with van der Waals surface area (Å²) in [5, 5.41) is 13.7. The van der Waals surface area contributed by atoms with Gasteiger partial charge in [-0.05, 0) is 40.8 Å². The second kappa shape index (κ2) is 9.53. The van der Waals surface area contributed by atoms with E-state index >= 15 is 0 Å². The normalized spacial score (nSPS) is 20.3. The lowest BCUT2D eigenvalue weighted by Gasteiger charge is -2.39. The maximum atomic E-state index is 14.5. The average molecular weight is 448 g/mol. The van der Waals surface area contributed by atoms with Crippen molar-refractivity contribution in [3.63, 3.8) is 0 Å². The third kappa shape index (κ3) is 4.33. The van der Waals surface area contributed by atoms with Gasteiger partial charge in [0.15, 0.2) is 11.6 Å². The van der Waals surface area contributed by atoms with Crippen molar-refractivity contribution in [2.24, 2.45) is 5.92 Å². The molecule has 0 amide bonds. The standard InChI is InChI=1S/C16H21BrF2N2O.2ClH/c17-11-9-12(18)14(19)13(16(11)22)15(10-3-1-2-4-10)21-7-5-20-6-8-21;;/h9-10,15,20,22H,1-8H2;2*1H/t15-;;/m0../s1. The number of hydrogen-bond donors (Lipinski definition) is 2. The van der Waals surface area contributed by atoms with E-state index in [0.717, 1.165) is 57.9 Å². The minimum Gasteiger partial charge on any atom is -0.506 e. The summed E-state index contributed by atoms with van der Waals surface area (Å²) in [5.41, 5.74) is 0.126. The second-order valence-corrected chi connectivity index (χ2v) is 7.05. The SMILES string of the molecule is Cl.Cl.Oc1c(Br)cc(F)c(F)c1[C@H](C1CCCC1)N1CCNCC1. The van der Waals surface area contributed by atoms with E-state index in [1.165, 1.54) is 0 Å². The van der Waals surface area contributed by atoms with E-state index in [1.54, 1.807) is 0 Å². The predicted molar refractivity (Wildman–Crippen MR) is 99.4 cm³/mol. The third-order valence-electron chi connectivity index (χ3n) is 4.87. The number of benzene rings is 1. The first-order valence-electron chi connectivity index (χ1n) is 7.90. The summed E-state index contributed by atoms with van der Waals surface area (Å²) in [4.78, 5) is 2.19. The van der Waals surface area contributed by atoms with Crippen LogP contribution in [0.2, 0.25) is 0 Å². The number of piperazine rings is 1. The Hall–Kier alpha value is -0.140. The molecule has 1 heterocycles. The maximum Gasteiger partial charge on any atom is 0.167 e. The summed E-state index contributed by atoms with van der Waals surface area (Å²) in [5.74, 6) is -1.70. The van der Waals surface area contributed by atoms with Crippen LogP contribution >= 0.6 is 40.7 Å². The highest BCUT2D eigenvalue weighted by atomic mass is 79.9. The van der Waals surface area contributed by atoms with Gasteiger partial charge < -0.3 is 10.4 Å². The van der Waals surface area contributed by atoms with Crippen LogP contribution in [0.1, 0.15) is 37.3 Å². The van der Waals surface area contributed by atoms with Crippen molar-refractivity contribution in [2.45, 2.75) is 31.7 Å². The molecule has 0 radical (unpaired) electrons. The quantitative estimate of drug-likeness (QED) is 0.673.